The normalized spacial score (nSPS) is 35.9. The summed E-state index contributed by atoms with van der Waals surface area (Å²) in [5, 5.41) is 8.89. The minimum Gasteiger partial charge on any atom is -0.480 e. The molecule has 0 spiro atoms. The van der Waals surface area contributed by atoms with E-state index in [1.54, 1.807) is 6.92 Å². The number of ether oxygens (including phenoxy) is 1. The van der Waals surface area contributed by atoms with Crippen molar-refractivity contribution in [3.05, 3.63) is 0 Å². The van der Waals surface area contributed by atoms with Crippen LogP contribution in [-0.2, 0) is 9.53 Å². The van der Waals surface area contributed by atoms with Gasteiger partial charge in [-0.2, -0.15) is 0 Å². The summed E-state index contributed by atoms with van der Waals surface area (Å²) in [6.45, 7) is 3.51. The number of aliphatic carboxylic acids is 1. The van der Waals surface area contributed by atoms with Crippen molar-refractivity contribution < 1.29 is 14.6 Å². The van der Waals surface area contributed by atoms with Crippen molar-refractivity contribution in [3.63, 3.8) is 0 Å². The van der Waals surface area contributed by atoms with Gasteiger partial charge in [-0.15, -0.1) is 0 Å². The Balaban J connectivity index is 1.95. The summed E-state index contributed by atoms with van der Waals surface area (Å²) in [5.74, 6) is -0.943. The Bertz CT molecular complexity index is 254. The van der Waals surface area contributed by atoms with E-state index in [1.807, 2.05) is 0 Å². The Morgan fingerprint density at radius 1 is 1.79 bits per heavy atom. The standard InChI is InChI=1S/C9H16N2O3/c1-9(10,8(12)13)5-11-3-7-2-6(11)4-14-7/h6-7H,2-5,10H2,1H3,(H,12,13). The van der Waals surface area contributed by atoms with Gasteiger partial charge in [0.05, 0.1) is 12.7 Å². The van der Waals surface area contributed by atoms with Gasteiger partial charge >= 0.3 is 5.97 Å². The van der Waals surface area contributed by atoms with Crippen molar-refractivity contribution in [1.29, 1.82) is 0 Å². The zero-order valence-corrected chi connectivity index (χ0v) is 8.27. The van der Waals surface area contributed by atoms with E-state index in [0.717, 1.165) is 19.6 Å². The van der Waals surface area contributed by atoms with Crippen molar-refractivity contribution in [3.8, 4) is 0 Å². The van der Waals surface area contributed by atoms with Crippen LogP contribution in [0.1, 0.15) is 13.3 Å². The lowest BCUT2D eigenvalue weighted by atomic mass is 10.0. The topological polar surface area (TPSA) is 75.8 Å². The van der Waals surface area contributed by atoms with E-state index in [1.165, 1.54) is 0 Å². The summed E-state index contributed by atoms with van der Waals surface area (Å²) >= 11 is 0. The Hall–Kier alpha value is -0.650. The molecule has 0 radical (unpaired) electrons. The number of carbonyl (C=O) groups is 1. The van der Waals surface area contributed by atoms with Crippen LogP contribution < -0.4 is 5.73 Å². The predicted octanol–water partition coefficient (Wildman–Crippen LogP) is -0.738. The van der Waals surface area contributed by atoms with Crippen molar-refractivity contribution >= 4 is 5.97 Å². The van der Waals surface area contributed by atoms with Crippen LogP contribution in [0.2, 0.25) is 0 Å². The number of nitrogens with zero attached hydrogens (tertiary/aromatic N) is 1. The minimum atomic E-state index is -1.15. The van der Waals surface area contributed by atoms with Crippen molar-refractivity contribution in [2.24, 2.45) is 5.73 Å². The van der Waals surface area contributed by atoms with Crippen LogP contribution in [0.4, 0.5) is 0 Å². The molecule has 0 amide bonds. The van der Waals surface area contributed by atoms with Crippen LogP contribution in [0.5, 0.6) is 0 Å². The van der Waals surface area contributed by atoms with E-state index in [9.17, 15) is 4.79 Å². The maximum Gasteiger partial charge on any atom is 0.324 e. The molecular formula is C9H16N2O3. The summed E-state index contributed by atoms with van der Waals surface area (Å²) < 4.78 is 5.43. The zero-order chi connectivity index (χ0) is 10.3. The zero-order valence-electron chi connectivity index (χ0n) is 8.27. The second-order valence-electron chi connectivity index (χ2n) is 4.50. The van der Waals surface area contributed by atoms with Crippen molar-refractivity contribution in [1.82, 2.24) is 4.90 Å². The molecule has 2 aliphatic rings. The summed E-state index contributed by atoms with van der Waals surface area (Å²) in [4.78, 5) is 13.0. The second-order valence-corrected chi connectivity index (χ2v) is 4.50. The molecule has 0 aromatic rings. The SMILES string of the molecule is CC(N)(CN1CC2CC1CO2)C(=O)O. The van der Waals surface area contributed by atoms with Crippen LogP contribution >= 0.6 is 0 Å². The molecule has 2 bridgehead atoms. The Kier molecular flexibility index (Phi) is 2.25. The van der Waals surface area contributed by atoms with E-state index in [4.69, 9.17) is 15.6 Å². The van der Waals surface area contributed by atoms with Gasteiger partial charge in [-0.05, 0) is 13.3 Å². The number of morpholine rings is 1. The number of likely N-dealkylation sites (tertiary alicyclic amines) is 1. The highest BCUT2D eigenvalue weighted by atomic mass is 16.5. The monoisotopic (exact) mass is 200 g/mol. The molecule has 0 aromatic heterocycles. The van der Waals surface area contributed by atoms with Gasteiger partial charge in [-0.3, -0.25) is 9.69 Å². The molecule has 80 valence electrons. The fourth-order valence-electron chi connectivity index (χ4n) is 2.16. The number of fused-ring (bicyclic) bond motifs is 2. The lowest BCUT2D eigenvalue weighted by Crippen LogP contribution is -2.56. The fourth-order valence-corrected chi connectivity index (χ4v) is 2.16. The third-order valence-corrected chi connectivity index (χ3v) is 3.03. The summed E-state index contributed by atoms with van der Waals surface area (Å²) in [6, 6.07) is 0.377. The van der Waals surface area contributed by atoms with Gasteiger partial charge < -0.3 is 15.6 Å². The highest BCUT2D eigenvalue weighted by Gasteiger charge is 2.42. The Labute approximate surface area is 82.8 Å². The smallest absolute Gasteiger partial charge is 0.324 e. The average molecular weight is 200 g/mol. The highest BCUT2D eigenvalue weighted by Crippen LogP contribution is 2.28. The van der Waals surface area contributed by atoms with Gasteiger partial charge in [0.15, 0.2) is 0 Å². The van der Waals surface area contributed by atoms with Crippen LogP contribution in [0.15, 0.2) is 0 Å². The molecule has 5 heteroatoms. The number of hydrogen-bond acceptors (Lipinski definition) is 4. The quantitative estimate of drug-likeness (QED) is 0.627. The molecule has 2 aliphatic heterocycles. The molecule has 3 N–H and O–H groups in total. The van der Waals surface area contributed by atoms with Crippen molar-refractivity contribution in [2.45, 2.75) is 31.0 Å². The van der Waals surface area contributed by atoms with Crippen LogP contribution in [0.3, 0.4) is 0 Å². The first-order chi connectivity index (χ1) is 6.49. The molecule has 0 aliphatic carbocycles. The third-order valence-electron chi connectivity index (χ3n) is 3.03. The molecule has 14 heavy (non-hydrogen) atoms. The first-order valence-electron chi connectivity index (χ1n) is 4.87. The lowest BCUT2D eigenvalue weighted by Gasteiger charge is -2.32. The largest absolute Gasteiger partial charge is 0.480 e. The van der Waals surface area contributed by atoms with Crippen LogP contribution in [-0.4, -0.2) is 53.4 Å². The summed E-state index contributed by atoms with van der Waals surface area (Å²) in [7, 11) is 0. The predicted molar refractivity (Wildman–Crippen MR) is 49.9 cm³/mol. The molecule has 0 saturated carbocycles. The van der Waals surface area contributed by atoms with E-state index in [2.05, 4.69) is 4.90 Å². The van der Waals surface area contributed by atoms with E-state index in [-0.39, 0.29) is 0 Å². The molecule has 2 saturated heterocycles. The maximum atomic E-state index is 10.8. The molecule has 2 heterocycles. The van der Waals surface area contributed by atoms with Gasteiger partial charge in [0.25, 0.3) is 0 Å². The minimum absolute atomic E-state index is 0.296. The summed E-state index contributed by atoms with van der Waals surface area (Å²) in [5.41, 5.74) is 4.54. The number of hydrogen-bond donors (Lipinski definition) is 2. The molecule has 3 atom stereocenters. The fraction of sp³-hybridized carbons (Fsp3) is 0.889. The van der Waals surface area contributed by atoms with Gasteiger partial charge in [0.2, 0.25) is 0 Å². The Morgan fingerprint density at radius 3 is 2.93 bits per heavy atom. The molecular weight excluding hydrogens is 184 g/mol. The second kappa shape index (κ2) is 3.18. The molecule has 2 fully saturated rings. The van der Waals surface area contributed by atoms with Gasteiger partial charge in [0.1, 0.15) is 5.54 Å². The number of rotatable bonds is 3. The third kappa shape index (κ3) is 1.63. The maximum absolute atomic E-state index is 10.8. The van der Waals surface area contributed by atoms with Crippen molar-refractivity contribution in [2.75, 3.05) is 19.7 Å². The van der Waals surface area contributed by atoms with E-state index < -0.39 is 11.5 Å². The highest BCUT2D eigenvalue weighted by molar-refractivity contribution is 5.78. The van der Waals surface area contributed by atoms with Crippen LogP contribution in [0.25, 0.3) is 0 Å². The van der Waals surface area contributed by atoms with E-state index in [0.29, 0.717) is 18.7 Å². The number of nitrogens with two attached hydrogens (primary N) is 1. The first-order valence-corrected chi connectivity index (χ1v) is 4.87. The van der Waals surface area contributed by atoms with Gasteiger partial charge in [-0.1, -0.05) is 0 Å². The Morgan fingerprint density at radius 2 is 2.50 bits per heavy atom. The first kappa shape index (κ1) is 9.89. The summed E-state index contributed by atoms with van der Waals surface area (Å²) in [6.07, 6.45) is 1.32. The molecule has 2 rings (SSSR count). The van der Waals surface area contributed by atoms with Crippen LogP contribution in [0, 0.1) is 0 Å². The molecule has 0 aromatic carbocycles. The lowest BCUT2D eigenvalue weighted by molar-refractivity contribution is -0.143. The van der Waals surface area contributed by atoms with E-state index >= 15 is 0 Å². The molecule has 5 nitrogen and oxygen atoms in total. The number of carboxylic acids is 1. The molecule has 3 unspecified atom stereocenters. The number of carboxylic acid groups (broad SMARTS) is 1. The average Bonchev–Trinajstić information content (AvgIpc) is 2.63. The van der Waals surface area contributed by atoms with Gasteiger partial charge in [0, 0.05) is 19.1 Å². The van der Waals surface area contributed by atoms with Gasteiger partial charge in [-0.25, -0.2) is 0 Å².